The van der Waals surface area contributed by atoms with Gasteiger partial charge in [-0.1, -0.05) is 30.3 Å². The fraction of sp³-hybridized carbons (Fsp3) is 0.286. The summed E-state index contributed by atoms with van der Waals surface area (Å²) < 4.78 is 5.97. The van der Waals surface area contributed by atoms with E-state index in [1.807, 2.05) is 48.5 Å². The van der Waals surface area contributed by atoms with Crippen LogP contribution in [-0.4, -0.2) is 47.5 Å². The van der Waals surface area contributed by atoms with Crippen molar-refractivity contribution in [3.05, 3.63) is 54.1 Å². The number of carbonyl (C=O) groups excluding carboxylic acids is 2. The van der Waals surface area contributed by atoms with Crippen molar-refractivity contribution in [2.24, 2.45) is 0 Å². The van der Waals surface area contributed by atoms with Crippen molar-refractivity contribution in [3.8, 4) is 11.5 Å². The van der Waals surface area contributed by atoms with E-state index in [-0.39, 0.29) is 5.91 Å². The number of aliphatic carboxylic acids is 1. The number of anilines is 1. The van der Waals surface area contributed by atoms with Crippen molar-refractivity contribution in [2.45, 2.75) is 18.3 Å². The van der Waals surface area contributed by atoms with E-state index in [4.69, 9.17) is 9.84 Å². The lowest BCUT2D eigenvalue weighted by atomic mass is 9.73. The molecule has 3 amide bonds. The second-order valence-electron chi connectivity index (χ2n) is 7.17. The number of carboxylic acids is 1. The minimum absolute atomic E-state index is 0.0952. The largest absolute Gasteiger partial charge is 0.480 e. The average Bonchev–Trinajstić information content (AvgIpc) is 3.00. The number of benzene rings is 2. The molecule has 2 aliphatic heterocycles. The molecule has 0 bridgehead atoms. The van der Waals surface area contributed by atoms with Gasteiger partial charge in [0.25, 0.3) is 0 Å². The summed E-state index contributed by atoms with van der Waals surface area (Å²) in [6.45, 7) is 0.300. The van der Waals surface area contributed by atoms with Gasteiger partial charge in [0.1, 0.15) is 12.3 Å². The molecule has 1 saturated heterocycles. The molecule has 0 saturated carbocycles. The van der Waals surface area contributed by atoms with Crippen LogP contribution in [-0.2, 0) is 15.0 Å². The van der Waals surface area contributed by atoms with Gasteiger partial charge in [0, 0.05) is 13.1 Å². The number of amides is 3. The topological polar surface area (TPSA) is 108 Å². The Bertz CT molecular complexity index is 952. The molecule has 2 aliphatic rings. The number of rotatable bonds is 4. The Morgan fingerprint density at radius 2 is 1.83 bits per heavy atom. The van der Waals surface area contributed by atoms with Gasteiger partial charge < -0.3 is 25.4 Å². The molecule has 0 atom stereocenters. The van der Waals surface area contributed by atoms with Crippen molar-refractivity contribution in [2.75, 3.05) is 25.0 Å². The summed E-state index contributed by atoms with van der Waals surface area (Å²) in [6, 6.07) is 14.5. The van der Waals surface area contributed by atoms with Crippen LogP contribution in [0.4, 0.5) is 10.5 Å². The summed E-state index contributed by atoms with van der Waals surface area (Å²) in [5, 5.41) is 14.0. The van der Waals surface area contributed by atoms with E-state index < -0.39 is 24.0 Å². The molecule has 1 fully saturated rings. The van der Waals surface area contributed by atoms with Crippen LogP contribution in [0.15, 0.2) is 48.5 Å². The van der Waals surface area contributed by atoms with Gasteiger partial charge in [-0.3, -0.25) is 9.59 Å². The standard InChI is InChI=1S/C21H21N3O5/c25-17(26)13-22-20(28)24-11-9-21(10-12-24)15-7-4-8-16(18(15)23-19(21)27)29-14-5-2-1-3-6-14/h1-8H,9-13H2,(H,22,28)(H,23,27)(H,25,26). The van der Waals surface area contributed by atoms with E-state index in [1.165, 1.54) is 0 Å². The van der Waals surface area contributed by atoms with Crippen LogP contribution < -0.4 is 15.4 Å². The Kier molecular flexibility index (Phi) is 4.84. The zero-order chi connectivity index (χ0) is 20.4. The number of carboxylic acid groups (broad SMARTS) is 1. The Balaban J connectivity index is 1.53. The van der Waals surface area contributed by atoms with E-state index in [0.717, 1.165) is 5.56 Å². The number of fused-ring (bicyclic) bond motifs is 2. The normalized spacial score (nSPS) is 16.8. The van der Waals surface area contributed by atoms with E-state index >= 15 is 0 Å². The van der Waals surface area contributed by atoms with E-state index in [0.29, 0.717) is 43.1 Å². The van der Waals surface area contributed by atoms with Crippen LogP contribution in [0, 0.1) is 0 Å². The minimum atomic E-state index is -1.10. The van der Waals surface area contributed by atoms with E-state index in [2.05, 4.69) is 10.6 Å². The molecular formula is C21H21N3O5. The fourth-order valence-corrected chi connectivity index (χ4v) is 3.97. The number of likely N-dealkylation sites (tertiary alicyclic amines) is 1. The third kappa shape index (κ3) is 3.49. The number of hydrogen-bond donors (Lipinski definition) is 3. The highest BCUT2D eigenvalue weighted by molar-refractivity contribution is 6.08. The Labute approximate surface area is 167 Å². The van der Waals surface area contributed by atoms with Gasteiger partial charge in [0.05, 0.1) is 11.1 Å². The second kappa shape index (κ2) is 7.46. The molecule has 3 N–H and O–H groups in total. The molecule has 29 heavy (non-hydrogen) atoms. The van der Waals surface area contributed by atoms with Crippen molar-refractivity contribution in [1.82, 2.24) is 10.2 Å². The monoisotopic (exact) mass is 395 g/mol. The first-order valence-corrected chi connectivity index (χ1v) is 9.42. The van der Waals surface area contributed by atoms with Crippen LogP contribution in [0.2, 0.25) is 0 Å². The molecule has 2 heterocycles. The van der Waals surface area contributed by atoms with Gasteiger partial charge in [-0.05, 0) is 36.6 Å². The van der Waals surface area contributed by atoms with Crippen LogP contribution >= 0.6 is 0 Å². The molecule has 2 aromatic carbocycles. The highest BCUT2D eigenvalue weighted by Crippen LogP contribution is 2.49. The highest BCUT2D eigenvalue weighted by Gasteiger charge is 2.49. The lowest BCUT2D eigenvalue weighted by Gasteiger charge is -2.37. The smallest absolute Gasteiger partial charge is 0.323 e. The van der Waals surface area contributed by atoms with Gasteiger partial charge in [0.15, 0.2) is 5.75 Å². The predicted molar refractivity (Wildman–Crippen MR) is 105 cm³/mol. The zero-order valence-corrected chi connectivity index (χ0v) is 15.7. The summed E-state index contributed by atoms with van der Waals surface area (Å²) >= 11 is 0. The van der Waals surface area contributed by atoms with E-state index in [1.54, 1.807) is 4.90 Å². The molecule has 1 spiro atoms. The maximum atomic E-state index is 12.9. The molecule has 8 nitrogen and oxygen atoms in total. The lowest BCUT2D eigenvalue weighted by molar-refractivity contribution is -0.135. The molecule has 150 valence electrons. The number of para-hydroxylation sites is 2. The van der Waals surface area contributed by atoms with Gasteiger partial charge in [0.2, 0.25) is 5.91 Å². The average molecular weight is 395 g/mol. The number of nitrogens with one attached hydrogen (secondary N) is 2. The fourth-order valence-electron chi connectivity index (χ4n) is 3.97. The molecule has 2 aromatic rings. The third-order valence-corrected chi connectivity index (χ3v) is 5.48. The first kappa shape index (κ1) is 18.8. The number of carbonyl (C=O) groups is 3. The Morgan fingerprint density at radius 1 is 1.10 bits per heavy atom. The summed E-state index contributed by atoms with van der Waals surface area (Å²) in [7, 11) is 0. The summed E-state index contributed by atoms with van der Waals surface area (Å²) in [5.41, 5.74) is 0.835. The molecule has 0 aromatic heterocycles. The third-order valence-electron chi connectivity index (χ3n) is 5.48. The van der Waals surface area contributed by atoms with Crippen molar-refractivity contribution in [3.63, 3.8) is 0 Å². The van der Waals surface area contributed by atoms with Crippen molar-refractivity contribution < 1.29 is 24.2 Å². The molecule has 0 radical (unpaired) electrons. The number of piperidine rings is 1. The van der Waals surface area contributed by atoms with Gasteiger partial charge in [-0.25, -0.2) is 4.79 Å². The summed E-state index contributed by atoms with van der Waals surface area (Å²) in [5.74, 6) is 0.0747. The van der Waals surface area contributed by atoms with Crippen LogP contribution in [0.5, 0.6) is 11.5 Å². The zero-order valence-electron chi connectivity index (χ0n) is 15.7. The predicted octanol–water partition coefficient (Wildman–Crippen LogP) is 2.56. The van der Waals surface area contributed by atoms with Crippen LogP contribution in [0.3, 0.4) is 0 Å². The highest BCUT2D eigenvalue weighted by atomic mass is 16.5. The second-order valence-corrected chi connectivity index (χ2v) is 7.17. The Hall–Kier alpha value is -3.55. The summed E-state index contributed by atoms with van der Waals surface area (Å²) in [4.78, 5) is 37.2. The molecule has 8 heteroatoms. The maximum Gasteiger partial charge on any atom is 0.323 e. The maximum absolute atomic E-state index is 12.9. The van der Waals surface area contributed by atoms with Gasteiger partial charge >= 0.3 is 12.0 Å². The first-order valence-electron chi connectivity index (χ1n) is 9.42. The van der Waals surface area contributed by atoms with Crippen molar-refractivity contribution >= 4 is 23.6 Å². The first-order chi connectivity index (χ1) is 14.0. The van der Waals surface area contributed by atoms with Crippen LogP contribution in [0.1, 0.15) is 18.4 Å². The van der Waals surface area contributed by atoms with Gasteiger partial charge in [-0.15, -0.1) is 0 Å². The quantitative estimate of drug-likeness (QED) is 0.737. The number of urea groups is 1. The number of hydrogen-bond acceptors (Lipinski definition) is 4. The van der Waals surface area contributed by atoms with E-state index in [9.17, 15) is 14.4 Å². The van der Waals surface area contributed by atoms with Crippen molar-refractivity contribution in [1.29, 1.82) is 0 Å². The summed E-state index contributed by atoms with van der Waals surface area (Å²) in [6.07, 6.45) is 0.919. The molecule has 4 rings (SSSR count). The number of nitrogens with zero attached hydrogens (tertiary/aromatic N) is 1. The molecule has 0 aliphatic carbocycles. The number of ether oxygens (including phenoxy) is 1. The van der Waals surface area contributed by atoms with Gasteiger partial charge in [-0.2, -0.15) is 0 Å². The molecule has 0 unspecified atom stereocenters. The van der Waals surface area contributed by atoms with Crippen LogP contribution in [0.25, 0.3) is 0 Å². The minimum Gasteiger partial charge on any atom is -0.480 e. The molecular weight excluding hydrogens is 374 g/mol. The SMILES string of the molecule is O=C(O)CNC(=O)N1CCC2(CC1)C(=O)Nc1c(Oc3ccccc3)cccc12. The Morgan fingerprint density at radius 3 is 2.52 bits per heavy atom. The lowest BCUT2D eigenvalue weighted by Crippen LogP contribution is -2.51.